The van der Waals surface area contributed by atoms with Crippen molar-refractivity contribution in [2.45, 2.75) is 19.9 Å². The van der Waals surface area contributed by atoms with Crippen molar-refractivity contribution in [1.29, 1.82) is 0 Å². The predicted octanol–water partition coefficient (Wildman–Crippen LogP) is 4.19. The fraction of sp³-hybridized carbons (Fsp3) is 0.350. The van der Waals surface area contributed by atoms with Crippen LogP contribution in [0.1, 0.15) is 35.8 Å². The Balaban J connectivity index is 1.74. The normalized spacial score (nSPS) is 16.6. The molecule has 3 rings (SSSR count). The zero-order chi connectivity index (χ0) is 18.8. The Bertz CT molecular complexity index is 817. The molecule has 0 N–H and O–H groups in total. The Kier molecular flexibility index (Phi) is 5.32. The predicted molar refractivity (Wildman–Crippen MR) is 95.0 cm³/mol. The number of carbonyl (C=O) groups excluding carboxylic acids is 1. The van der Waals surface area contributed by atoms with Crippen LogP contribution in [0.4, 0.5) is 18.9 Å². The Labute approximate surface area is 151 Å². The largest absolute Gasteiger partial charge is 0.368 e. The highest BCUT2D eigenvalue weighted by Crippen LogP contribution is 2.28. The second-order valence-electron chi connectivity index (χ2n) is 6.55. The molecule has 3 nitrogen and oxygen atoms in total. The Morgan fingerprint density at radius 2 is 1.69 bits per heavy atom. The second-order valence-corrected chi connectivity index (χ2v) is 6.55. The molecule has 2 aromatic carbocycles. The Morgan fingerprint density at radius 1 is 1.00 bits per heavy atom. The lowest BCUT2D eigenvalue weighted by molar-refractivity contribution is 0.101. The Hall–Kier alpha value is -2.34. The van der Waals surface area contributed by atoms with Crippen molar-refractivity contribution in [1.82, 2.24) is 4.90 Å². The van der Waals surface area contributed by atoms with Crippen LogP contribution >= 0.6 is 0 Å². The van der Waals surface area contributed by atoms with E-state index in [9.17, 15) is 18.0 Å². The van der Waals surface area contributed by atoms with Gasteiger partial charge in [-0.1, -0.05) is 12.1 Å². The third-order valence-corrected chi connectivity index (χ3v) is 4.96. The van der Waals surface area contributed by atoms with Gasteiger partial charge in [0.15, 0.2) is 5.78 Å². The van der Waals surface area contributed by atoms with Gasteiger partial charge < -0.3 is 4.90 Å². The fourth-order valence-corrected chi connectivity index (χ4v) is 3.51. The summed E-state index contributed by atoms with van der Waals surface area (Å²) < 4.78 is 41.2. The molecule has 1 atom stereocenters. The zero-order valence-corrected chi connectivity index (χ0v) is 14.8. The standard InChI is InChI=1S/C20H21F3N2O/c1-13(16-7-6-15(21)12-18(16)23)24-8-10-25(11-9-24)19-5-3-4-17(22)20(19)14(2)26/h3-7,12-13H,8-11H2,1-2H3. The molecule has 1 aliphatic rings. The molecule has 1 fully saturated rings. The summed E-state index contributed by atoms with van der Waals surface area (Å²) in [5.41, 5.74) is 1.16. The number of rotatable bonds is 4. The molecule has 6 heteroatoms. The molecule has 0 radical (unpaired) electrons. The van der Waals surface area contributed by atoms with Crippen molar-refractivity contribution in [3.05, 3.63) is 65.0 Å². The van der Waals surface area contributed by atoms with E-state index in [-0.39, 0.29) is 17.4 Å². The number of ketones is 1. The van der Waals surface area contributed by atoms with Crippen molar-refractivity contribution in [3.8, 4) is 0 Å². The molecule has 26 heavy (non-hydrogen) atoms. The molecule has 1 unspecified atom stereocenters. The van der Waals surface area contributed by atoms with Crippen molar-refractivity contribution in [2.24, 2.45) is 0 Å². The number of benzene rings is 2. The topological polar surface area (TPSA) is 23.6 Å². The van der Waals surface area contributed by atoms with Gasteiger partial charge in [-0.15, -0.1) is 0 Å². The van der Waals surface area contributed by atoms with Crippen LogP contribution in [0.3, 0.4) is 0 Å². The lowest BCUT2D eigenvalue weighted by atomic mass is 10.0. The Morgan fingerprint density at radius 3 is 2.31 bits per heavy atom. The monoisotopic (exact) mass is 362 g/mol. The number of hydrogen-bond acceptors (Lipinski definition) is 3. The number of piperazine rings is 1. The highest BCUT2D eigenvalue weighted by atomic mass is 19.1. The van der Waals surface area contributed by atoms with Crippen LogP contribution in [0, 0.1) is 17.5 Å². The van der Waals surface area contributed by atoms with Gasteiger partial charge in [0.1, 0.15) is 17.5 Å². The summed E-state index contributed by atoms with van der Waals surface area (Å²) in [6.07, 6.45) is 0. The maximum Gasteiger partial charge on any atom is 0.164 e. The lowest BCUT2D eigenvalue weighted by Crippen LogP contribution is -2.47. The highest BCUT2D eigenvalue weighted by Gasteiger charge is 2.26. The highest BCUT2D eigenvalue weighted by molar-refractivity contribution is 6.00. The third-order valence-electron chi connectivity index (χ3n) is 4.96. The van der Waals surface area contributed by atoms with E-state index in [1.165, 1.54) is 25.1 Å². The molecule has 0 amide bonds. The van der Waals surface area contributed by atoms with Gasteiger partial charge in [0.2, 0.25) is 0 Å². The van der Waals surface area contributed by atoms with Gasteiger partial charge in [0.25, 0.3) is 0 Å². The summed E-state index contributed by atoms with van der Waals surface area (Å²) in [6.45, 7) is 5.69. The first-order valence-electron chi connectivity index (χ1n) is 8.62. The SMILES string of the molecule is CC(=O)c1c(F)cccc1N1CCN(C(C)c2ccc(F)cc2F)CC1. The van der Waals surface area contributed by atoms with E-state index in [1.54, 1.807) is 12.1 Å². The molecular formula is C20H21F3N2O. The summed E-state index contributed by atoms with van der Waals surface area (Å²) >= 11 is 0. The van der Waals surface area contributed by atoms with Crippen molar-refractivity contribution in [2.75, 3.05) is 31.1 Å². The van der Waals surface area contributed by atoms with Gasteiger partial charge >= 0.3 is 0 Å². The molecule has 1 aliphatic heterocycles. The van der Waals surface area contributed by atoms with Crippen LogP contribution in [0.15, 0.2) is 36.4 Å². The number of Topliss-reactive ketones (excluding diaryl/α,β-unsaturated/α-hetero) is 1. The van der Waals surface area contributed by atoms with Crippen molar-refractivity contribution < 1.29 is 18.0 Å². The van der Waals surface area contributed by atoms with Crippen LogP contribution in [0.25, 0.3) is 0 Å². The molecule has 0 aromatic heterocycles. The molecule has 138 valence electrons. The quantitative estimate of drug-likeness (QED) is 0.762. The zero-order valence-electron chi connectivity index (χ0n) is 14.8. The number of nitrogens with zero attached hydrogens (tertiary/aromatic N) is 2. The number of hydrogen-bond donors (Lipinski definition) is 0. The van der Waals surface area contributed by atoms with E-state index >= 15 is 0 Å². The molecule has 0 bridgehead atoms. The first kappa shape index (κ1) is 18.5. The van der Waals surface area contributed by atoms with Gasteiger partial charge in [-0.25, -0.2) is 13.2 Å². The van der Waals surface area contributed by atoms with Crippen molar-refractivity contribution in [3.63, 3.8) is 0 Å². The fourth-order valence-electron chi connectivity index (χ4n) is 3.51. The minimum absolute atomic E-state index is 0.110. The average molecular weight is 362 g/mol. The summed E-state index contributed by atoms with van der Waals surface area (Å²) in [4.78, 5) is 15.9. The van der Waals surface area contributed by atoms with E-state index in [0.717, 1.165) is 6.07 Å². The minimum atomic E-state index is -0.592. The van der Waals surface area contributed by atoms with Crippen LogP contribution in [-0.2, 0) is 0 Å². The number of anilines is 1. The summed E-state index contributed by atoms with van der Waals surface area (Å²) in [7, 11) is 0. The van der Waals surface area contributed by atoms with Gasteiger partial charge in [0, 0.05) is 43.9 Å². The lowest BCUT2D eigenvalue weighted by Gasteiger charge is -2.39. The van der Waals surface area contributed by atoms with Gasteiger partial charge in [-0.2, -0.15) is 0 Å². The summed E-state index contributed by atoms with van der Waals surface area (Å²) in [5, 5.41) is 0. The van der Waals surface area contributed by atoms with Crippen molar-refractivity contribution >= 4 is 11.5 Å². The van der Waals surface area contributed by atoms with E-state index in [4.69, 9.17) is 0 Å². The van der Waals surface area contributed by atoms with E-state index < -0.39 is 17.5 Å². The summed E-state index contributed by atoms with van der Waals surface area (Å²) in [5.74, 6) is -1.96. The smallest absolute Gasteiger partial charge is 0.164 e. The molecule has 2 aromatic rings. The summed E-state index contributed by atoms with van der Waals surface area (Å²) in [6, 6.07) is 8.07. The maximum atomic E-state index is 14.0. The van der Waals surface area contributed by atoms with Crippen LogP contribution in [-0.4, -0.2) is 36.9 Å². The molecule has 1 saturated heterocycles. The maximum absolute atomic E-state index is 14.0. The second kappa shape index (κ2) is 7.50. The number of halogens is 3. The molecule has 1 heterocycles. The molecular weight excluding hydrogens is 341 g/mol. The molecule has 0 aliphatic carbocycles. The van der Waals surface area contributed by atoms with E-state index in [1.807, 2.05) is 11.8 Å². The molecule has 0 saturated carbocycles. The van der Waals surface area contributed by atoms with Crippen LogP contribution in [0.2, 0.25) is 0 Å². The van der Waals surface area contributed by atoms with Crippen LogP contribution < -0.4 is 4.90 Å². The van der Waals surface area contributed by atoms with Gasteiger partial charge in [-0.3, -0.25) is 9.69 Å². The van der Waals surface area contributed by atoms with E-state index in [2.05, 4.69) is 4.90 Å². The first-order valence-corrected chi connectivity index (χ1v) is 8.62. The average Bonchev–Trinajstić information content (AvgIpc) is 2.61. The van der Waals surface area contributed by atoms with E-state index in [0.29, 0.717) is 37.4 Å². The third kappa shape index (κ3) is 3.60. The van der Waals surface area contributed by atoms with Gasteiger partial charge in [-0.05, 0) is 32.0 Å². The van der Waals surface area contributed by atoms with Gasteiger partial charge in [0.05, 0.1) is 11.3 Å². The first-order chi connectivity index (χ1) is 12.4. The van der Waals surface area contributed by atoms with Crippen LogP contribution in [0.5, 0.6) is 0 Å². The number of carbonyl (C=O) groups is 1. The minimum Gasteiger partial charge on any atom is -0.368 e. The molecule has 0 spiro atoms.